The molecule has 2 N–H and O–H groups in total. The molecule has 0 radical (unpaired) electrons. The van der Waals surface area contributed by atoms with Gasteiger partial charge < -0.3 is 9.84 Å². The van der Waals surface area contributed by atoms with E-state index < -0.39 is 12.0 Å². The summed E-state index contributed by atoms with van der Waals surface area (Å²) in [6.45, 7) is 2.81. The highest BCUT2D eigenvalue weighted by molar-refractivity contribution is 7.09. The molecule has 0 aliphatic carbocycles. The number of aryl methyl sites for hydroxylation is 1. The number of hydrogen-bond acceptors (Lipinski definition) is 5. The summed E-state index contributed by atoms with van der Waals surface area (Å²) in [7, 11) is 1.57. The number of carboxylic acid groups (broad SMARTS) is 1. The maximum Gasteiger partial charge on any atom is 0.327 e. The van der Waals surface area contributed by atoms with Crippen LogP contribution >= 0.6 is 11.3 Å². The summed E-state index contributed by atoms with van der Waals surface area (Å²) < 4.78 is 4.84. The molecule has 6 heteroatoms. The third-order valence-corrected chi connectivity index (χ3v) is 2.81. The van der Waals surface area contributed by atoms with E-state index in [0.717, 1.165) is 5.69 Å². The van der Waals surface area contributed by atoms with Gasteiger partial charge in [0, 0.05) is 24.7 Å². The van der Waals surface area contributed by atoms with Gasteiger partial charge in [-0.25, -0.2) is 4.98 Å². The van der Waals surface area contributed by atoms with E-state index in [-0.39, 0.29) is 0 Å². The molecule has 0 saturated carbocycles. The van der Waals surface area contributed by atoms with E-state index in [4.69, 9.17) is 9.84 Å². The first-order valence-corrected chi connectivity index (χ1v) is 5.40. The molecule has 15 heavy (non-hydrogen) atoms. The summed E-state index contributed by atoms with van der Waals surface area (Å²) in [6.07, 6.45) is 0. The highest BCUT2D eigenvalue weighted by Crippen LogP contribution is 2.17. The minimum absolute atomic E-state index is 0.480. The van der Waals surface area contributed by atoms with Crippen molar-refractivity contribution in [3.05, 3.63) is 16.1 Å². The van der Waals surface area contributed by atoms with Gasteiger partial charge in [0.15, 0.2) is 6.04 Å². The monoisotopic (exact) mass is 230 g/mol. The number of hydrogen-bond donors (Lipinski definition) is 2. The second-order valence-corrected chi connectivity index (χ2v) is 3.93. The van der Waals surface area contributed by atoms with Crippen molar-refractivity contribution in [2.45, 2.75) is 13.0 Å². The van der Waals surface area contributed by atoms with Crippen LogP contribution in [-0.4, -0.2) is 36.3 Å². The largest absolute Gasteiger partial charge is 0.480 e. The molecular formula is C9H14N2O3S. The number of ether oxygens (including phenoxy) is 1. The van der Waals surface area contributed by atoms with Gasteiger partial charge in [0.2, 0.25) is 0 Å². The summed E-state index contributed by atoms with van der Waals surface area (Å²) in [5, 5.41) is 14.3. The first-order valence-electron chi connectivity index (χ1n) is 4.52. The second kappa shape index (κ2) is 5.79. The second-order valence-electron chi connectivity index (χ2n) is 3.05. The number of aliphatic carboxylic acids is 1. The van der Waals surface area contributed by atoms with Gasteiger partial charge in [-0.15, -0.1) is 11.3 Å². The average Bonchev–Trinajstić information content (AvgIpc) is 2.59. The summed E-state index contributed by atoms with van der Waals surface area (Å²) in [4.78, 5) is 15.1. The fraction of sp³-hybridized carbons (Fsp3) is 0.556. The number of nitrogens with one attached hydrogen (secondary N) is 1. The van der Waals surface area contributed by atoms with Crippen molar-refractivity contribution in [3.63, 3.8) is 0 Å². The fourth-order valence-corrected chi connectivity index (χ4v) is 1.95. The number of methoxy groups -OCH3 is 1. The van der Waals surface area contributed by atoms with E-state index >= 15 is 0 Å². The van der Waals surface area contributed by atoms with Gasteiger partial charge in [0.25, 0.3) is 0 Å². The SMILES string of the molecule is COCCNC(C(=O)O)c1nc(C)cs1. The van der Waals surface area contributed by atoms with Gasteiger partial charge in [0.05, 0.1) is 6.61 Å². The Labute approximate surface area is 92.1 Å². The van der Waals surface area contributed by atoms with Gasteiger partial charge in [-0.2, -0.15) is 0 Å². The Hall–Kier alpha value is -0.980. The lowest BCUT2D eigenvalue weighted by Gasteiger charge is -2.10. The fourth-order valence-electron chi connectivity index (χ4n) is 1.09. The van der Waals surface area contributed by atoms with E-state index in [1.54, 1.807) is 7.11 Å². The maximum atomic E-state index is 11.0. The van der Waals surface area contributed by atoms with Crippen LogP contribution in [0.4, 0.5) is 0 Å². The number of nitrogens with zero attached hydrogens (tertiary/aromatic N) is 1. The standard InChI is InChI=1S/C9H14N2O3S/c1-6-5-15-8(11-6)7(9(12)13)10-3-4-14-2/h5,7,10H,3-4H2,1-2H3,(H,12,13). The Morgan fingerprint density at radius 2 is 2.53 bits per heavy atom. The van der Waals surface area contributed by atoms with Crippen LogP contribution in [0, 0.1) is 6.92 Å². The van der Waals surface area contributed by atoms with E-state index in [1.165, 1.54) is 11.3 Å². The summed E-state index contributed by atoms with van der Waals surface area (Å²) in [5.74, 6) is -0.916. The van der Waals surface area contributed by atoms with Crippen LogP contribution in [0.15, 0.2) is 5.38 Å². The van der Waals surface area contributed by atoms with E-state index in [9.17, 15) is 4.79 Å². The number of rotatable bonds is 6. The van der Waals surface area contributed by atoms with Crippen LogP contribution in [0.3, 0.4) is 0 Å². The molecule has 1 rings (SSSR count). The Morgan fingerprint density at radius 1 is 1.80 bits per heavy atom. The molecule has 0 spiro atoms. The lowest BCUT2D eigenvalue weighted by molar-refractivity contribution is -0.139. The molecule has 0 aliphatic rings. The van der Waals surface area contributed by atoms with Gasteiger partial charge in [-0.1, -0.05) is 0 Å². The number of thiazole rings is 1. The van der Waals surface area contributed by atoms with Crippen molar-refractivity contribution in [1.29, 1.82) is 0 Å². The van der Waals surface area contributed by atoms with Crippen molar-refractivity contribution in [3.8, 4) is 0 Å². The Morgan fingerprint density at radius 3 is 3.00 bits per heavy atom. The summed E-state index contributed by atoms with van der Waals surface area (Å²) >= 11 is 1.35. The molecule has 0 amide bonds. The van der Waals surface area contributed by atoms with Crippen molar-refractivity contribution in [2.75, 3.05) is 20.3 Å². The molecule has 1 aromatic rings. The first-order chi connectivity index (χ1) is 7.15. The summed E-state index contributed by atoms with van der Waals surface area (Å²) in [6, 6.07) is -0.737. The van der Waals surface area contributed by atoms with Crippen LogP contribution < -0.4 is 5.32 Å². The zero-order valence-corrected chi connectivity index (χ0v) is 9.50. The van der Waals surface area contributed by atoms with Crippen LogP contribution in [0.2, 0.25) is 0 Å². The van der Waals surface area contributed by atoms with Crippen LogP contribution in [-0.2, 0) is 9.53 Å². The quantitative estimate of drug-likeness (QED) is 0.708. The lowest BCUT2D eigenvalue weighted by atomic mass is 10.3. The smallest absolute Gasteiger partial charge is 0.327 e. The van der Waals surface area contributed by atoms with Crippen molar-refractivity contribution >= 4 is 17.3 Å². The third kappa shape index (κ3) is 3.58. The molecule has 0 aliphatic heterocycles. The van der Waals surface area contributed by atoms with E-state index in [0.29, 0.717) is 18.2 Å². The minimum Gasteiger partial charge on any atom is -0.480 e. The molecule has 1 atom stereocenters. The lowest BCUT2D eigenvalue weighted by Crippen LogP contribution is -2.30. The molecular weight excluding hydrogens is 216 g/mol. The van der Waals surface area contributed by atoms with Gasteiger partial charge in [-0.3, -0.25) is 10.1 Å². The third-order valence-electron chi connectivity index (χ3n) is 1.79. The molecule has 5 nitrogen and oxygen atoms in total. The normalized spacial score (nSPS) is 12.7. The maximum absolute atomic E-state index is 11.0. The Kier molecular flexibility index (Phi) is 4.67. The average molecular weight is 230 g/mol. The summed E-state index contributed by atoms with van der Waals surface area (Å²) in [5.41, 5.74) is 0.842. The molecule has 0 fully saturated rings. The number of carboxylic acids is 1. The van der Waals surface area contributed by atoms with Crippen molar-refractivity contribution in [1.82, 2.24) is 10.3 Å². The van der Waals surface area contributed by atoms with Crippen LogP contribution in [0.1, 0.15) is 16.7 Å². The molecule has 1 heterocycles. The van der Waals surface area contributed by atoms with Crippen LogP contribution in [0.5, 0.6) is 0 Å². The highest BCUT2D eigenvalue weighted by Gasteiger charge is 2.21. The Balaban J connectivity index is 2.62. The van der Waals surface area contributed by atoms with Gasteiger partial charge in [0.1, 0.15) is 5.01 Å². The first kappa shape index (κ1) is 12.1. The molecule has 1 aromatic heterocycles. The van der Waals surface area contributed by atoms with E-state index in [2.05, 4.69) is 10.3 Å². The topological polar surface area (TPSA) is 71.5 Å². The predicted molar refractivity (Wildman–Crippen MR) is 57.1 cm³/mol. The van der Waals surface area contributed by atoms with Crippen molar-refractivity contribution < 1.29 is 14.6 Å². The highest BCUT2D eigenvalue weighted by atomic mass is 32.1. The molecule has 0 saturated heterocycles. The zero-order valence-electron chi connectivity index (χ0n) is 8.69. The van der Waals surface area contributed by atoms with Gasteiger partial charge in [-0.05, 0) is 6.92 Å². The molecule has 84 valence electrons. The Bertz CT molecular complexity index is 327. The van der Waals surface area contributed by atoms with E-state index in [1.807, 2.05) is 12.3 Å². The van der Waals surface area contributed by atoms with Crippen molar-refractivity contribution in [2.24, 2.45) is 0 Å². The zero-order chi connectivity index (χ0) is 11.3. The predicted octanol–water partition coefficient (Wildman–Crippen LogP) is 0.813. The number of aromatic nitrogens is 1. The minimum atomic E-state index is -0.916. The molecule has 0 bridgehead atoms. The van der Waals surface area contributed by atoms with Gasteiger partial charge >= 0.3 is 5.97 Å². The molecule has 0 aromatic carbocycles. The van der Waals surface area contributed by atoms with Crippen LogP contribution in [0.25, 0.3) is 0 Å². The number of carbonyl (C=O) groups is 1. The molecule has 1 unspecified atom stereocenters.